The molecule has 1 atom stereocenters. The lowest BCUT2D eigenvalue weighted by atomic mass is 9.97. The molecule has 1 unspecified atom stereocenters. The molecule has 1 fully saturated rings. The predicted octanol–water partition coefficient (Wildman–Crippen LogP) is 1.92. The topological polar surface area (TPSA) is 101 Å². The van der Waals surface area contributed by atoms with Crippen molar-refractivity contribution < 1.29 is 9.72 Å². The molecule has 1 N–H and O–H groups in total. The maximum atomic E-state index is 12.4. The largest absolute Gasteiger partial charge is 0.356 e. The summed E-state index contributed by atoms with van der Waals surface area (Å²) in [6, 6.07) is 6.83. The summed E-state index contributed by atoms with van der Waals surface area (Å²) in [4.78, 5) is 32.9. The molecule has 130 valence electrons. The van der Waals surface area contributed by atoms with Gasteiger partial charge in [0, 0.05) is 38.1 Å². The third-order valence-electron chi connectivity index (χ3n) is 4.25. The van der Waals surface area contributed by atoms with E-state index in [1.807, 2.05) is 17.0 Å². The summed E-state index contributed by atoms with van der Waals surface area (Å²) in [6.07, 6.45) is 6.38. The summed E-state index contributed by atoms with van der Waals surface area (Å²) in [5.74, 6) is 0.549. The smallest absolute Gasteiger partial charge is 0.287 e. The normalized spacial score (nSPS) is 17.1. The Morgan fingerprint density at radius 1 is 1.36 bits per heavy atom. The fraction of sp³-hybridized carbons (Fsp3) is 0.353. The van der Waals surface area contributed by atoms with Crippen LogP contribution in [0.25, 0.3) is 0 Å². The van der Waals surface area contributed by atoms with Crippen molar-refractivity contribution in [2.45, 2.75) is 19.4 Å². The Bertz CT molecular complexity index is 736. The molecule has 0 aromatic carbocycles. The number of pyridine rings is 2. The third kappa shape index (κ3) is 4.28. The first-order valence-corrected chi connectivity index (χ1v) is 8.15. The lowest BCUT2D eigenvalue weighted by Crippen LogP contribution is -2.43. The number of nitrogens with zero attached hydrogens (tertiary/aromatic N) is 4. The Morgan fingerprint density at radius 2 is 2.24 bits per heavy atom. The minimum Gasteiger partial charge on any atom is -0.356 e. The van der Waals surface area contributed by atoms with Gasteiger partial charge in [-0.3, -0.25) is 19.9 Å². The maximum Gasteiger partial charge on any atom is 0.287 e. The molecular weight excluding hydrogens is 322 g/mol. The van der Waals surface area contributed by atoms with Crippen LogP contribution in [0.4, 0.5) is 11.5 Å². The molecule has 2 aromatic heterocycles. The second kappa shape index (κ2) is 7.69. The first kappa shape index (κ1) is 16.8. The molecule has 8 nitrogen and oxygen atoms in total. The Morgan fingerprint density at radius 3 is 2.92 bits per heavy atom. The highest BCUT2D eigenvalue weighted by Crippen LogP contribution is 2.23. The number of piperidine rings is 1. The van der Waals surface area contributed by atoms with Crippen molar-refractivity contribution in [3.8, 4) is 0 Å². The Kier molecular flexibility index (Phi) is 5.17. The van der Waals surface area contributed by atoms with E-state index in [9.17, 15) is 14.9 Å². The zero-order valence-corrected chi connectivity index (χ0v) is 13.7. The second-order valence-corrected chi connectivity index (χ2v) is 6.00. The molecule has 25 heavy (non-hydrogen) atoms. The summed E-state index contributed by atoms with van der Waals surface area (Å²) in [5.41, 5.74) is 0.923. The van der Waals surface area contributed by atoms with Crippen LogP contribution < -0.4 is 10.2 Å². The summed E-state index contributed by atoms with van der Waals surface area (Å²) >= 11 is 0. The zero-order valence-electron chi connectivity index (χ0n) is 13.7. The van der Waals surface area contributed by atoms with Crippen LogP contribution in [0.1, 0.15) is 18.4 Å². The molecule has 2 aromatic rings. The van der Waals surface area contributed by atoms with Crippen LogP contribution in [0.3, 0.4) is 0 Å². The highest BCUT2D eigenvalue weighted by molar-refractivity contribution is 5.79. The molecular formula is C17H19N5O3. The summed E-state index contributed by atoms with van der Waals surface area (Å²) < 4.78 is 0. The fourth-order valence-corrected chi connectivity index (χ4v) is 2.91. The van der Waals surface area contributed by atoms with Crippen molar-refractivity contribution in [2.24, 2.45) is 5.92 Å². The van der Waals surface area contributed by atoms with Crippen molar-refractivity contribution in [1.29, 1.82) is 0 Å². The molecule has 1 aliphatic heterocycles. The van der Waals surface area contributed by atoms with Gasteiger partial charge in [-0.25, -0.2) is 4.98 Å². The number of carbonyl (C=O) groups is 1. The van der Waals surface area contributed by atoms with E-state index in [1.54, 1.807) is 18.5 Å². The molecule has 1 amide bonds. The average Bonchev–Trinajstić information content (AvgIpc) is 2.67. The molecule has 3 heterocycles. The number of amides is 1. The predicted molar refractivity (Wildman–Crippen MR) is 91.9 cm³/mol. The van der Waals surface area contributed by atoms with E-state index in [1.165, 1.54) is 12.3 Å². The molecule has 3 rings (SSSR count). The SMILES string of the molecule is O=C(NCc1cccnc1)C1CCCN(c2ccc([N+](=O)[O-])cn2)C1. The lowest BCUT2D eigenvalue weighted by molar-refractivity contribution is -0.385. The van der Waals surface area contributed by atoms with Gasteiger partial charge in [0.1, 0.15) is 12.0 Å². The monoisotopic (exact) mass is 341 g/mol. The molecule has 0 bridgehead atoms. The summed E-state index contributed by atoms with van der Waals surface area (Å²) in [6.45, 7) is 1.81. The van der Waals surface area contributed by atoms with E-state index >= 15 is 0 Å². The van der Waals surface area contributed by atoms with Gasteiger partial charge in [-0.1, -0.05) is 6.07 Å². The van der Waals surface area contributed by atoms with Gasteiger partial charge in [0.15, 0.2) is 0 Å². The minimum absolute atomic E-state index is 0.00969. The van der Waals surface area contributed by atoms with E-state index in [0.717, 1.165) is 24.9 Å². The first-order valence-electron chi connectivity index (χ1n) is 8.15. The Hall–Kier alpha value is -3.03. The molecule has 0 radical (unpaired) electrons. The fourth-order valence-electron chi connectivity index (χ4n) is 2.91. The number of nitro groups is 1. The van der Waals surface area contributed by atoms with E-state index in [-0.39, 0.29) is 17.5 Å². The summed E-state index contributed by atoms with van der Waals surface area (Å²) in [7, 11) is 0. The van der Waals surface area contributed by atoms with Crippen molar-refractivity contribution >= 4 is 17.4 Å². The van der Waals surface area contributed by atoms with Crippen LogP contribution in [0.2, 0.25) is 0 Å². The van der Waals surface area contributed by atoms with Crippen molar-refractivity contribution in [3.63, 3.8) is 0 Å². The number of carbonyl (C=O) groups excluding carboxylic acids is 1. The highest BCUT2D eigenvalue weighted by atomic mass is 16.6. The van der Waals surface area contributed by atoms with E-state index in [4.69, 9.17) is 0 Å². The van der Waals surface area contributed by atoms with Crippen molar-refractivity contribution in [1.82, 2.24) is 15.3 Å². The van der Waals surface area contributed by atoms with E-state index in [2.05, 4.69) is 15.3 Å². The number of nitrogens with one attached hydrogen (secondary N) is 1. The number of anilines is 1. The third-order valence-corrected chi connectivity index (χ3v) is 4.25. The summed E-state index contributed by atoms with van der Waals surface area (Å²) in [5, 5.41) is 13.7. The Balaban J connectivity index is 1.58. The van der Waals surface area contributed by atoms with Crippen LogP contribution in [0, 0.1) is 16.0 Å². The van der Waals surface area contributed by atoms with Gasteiger partial charge in [0.2, 0.25) is 5.91 Å². The van der Waals surface area contributed by atoms with Gasteiger partial charge >= 0.3 is 0 Å². The van der Waals surface area contributed by atoms with Crippen LogP contribution in [-0.4, -0.2) is 33.9 Å². The lowest BCUT2D eigenvalue weighted by Gasteiger charge is -2.32. The maximum absolute atomic E-state index is 12.4. The number of rotatable bonds is 5. The molecule has 0 aliphatic carbocycles. The second-order valence-electron chi connectivity index (χ2n) is 6.00. The van der Waals surface area contributed by atoms with Gasteiger partial charge in [0.25, 0.3) is 5.69 Å². The van der Waals surface area contributed by atoms with Gasteiger partial charge < -0.3 is 10.2 Å². The average molecular weight is 341 g/mol. The van der Waals surface area contributed by atoms with E-state index < -0.39 is 4.92 Å². The van der Waals surface area contributed by atoms with Crippen molar-refractivity contribution in [3.05, 3.63) is 58.5 Å². The van der Waals surface area contributed by atoms with Gasteiger partial charge in [-0.2, -0.15) is 0 Å². The Labute approximate surface area is 145 Å². The molecule has 0 spiro atoms. The minimum atomic E-state index is -0.471. The van der Waals surface area contributed by atoms with Crippen LogP contribution in [-0.2, 0) is 11.3 Å². The van der Waals surface area contributed by atoms with E-state index in [0.29, 0.717) is 18.9 Å². The van der Waals surface area contributed by atoms with Crippen molar-refractivity contribution in [2.75, 3.05) is 18.0 Å². The van der Waals surface area contributed by atoms with Gasteiger partial charge in [-0.15, -0.1) is 0 Å². The highest BCUT2D eigenvalue weighted by Gasteiger charge is 2.26. The van der Waals surface area contributed by atoms with Gasteiger partial charge in [-0.05, 0) is 30.5 Å². The molecule has 0 saturated carbocycles. The standard InChI is InChI=1S/C17H19N5O3/c23-17(20-10-13-3-1-7-18-9-13)14-4-2-8-21(12-14)16-6-5-15(11-19-16)22(24)25/h1,3,5-7,9,11,14H,2,4,8,10,12H2,(H,20,23). The molecule has 1 saturated heterocycles. The zero-order chi connectivity index (χ0) is 17.6. The number of hydrogen-bond donors (Lipinski definition) is 1. The van der Waals surface area contributed by atoms with Crippen LogP contribution in [0.15, 0.2) is 42.9 Å². The number of aromatic nitrogens is 2. The number of hydrogen-bond acceptors (Lipinski definition) is 6. The van der Waals surface area contributed by atoms with Crippen LogP contribution >= 0.6 is 0 Å². The first-order chi connectivity index (χ1) is 12.1. The molecule has 1 aliphatic rings. The van der Waals surface area contributed by atoms with Crippen LogP contribution in [0.5, 0.6) is 0 Å². The van der Waals surface area contributed by atoms with Gasteiger partial charge in [0.05, 0.1) is 10.8 Å². The molecule has 8 heteroatoms. The quantitative estimate of drug-likeness (QED) is 0.658.